The summed E-state index contributed by atoms with van der Waals surface area (Å²) in [6.45, 7) is 0. The van der Waals surface area contributed by atoms with Crippen LogP contribution in [0.4, 0.5) is 0 Å². The molecule has 2 saturated heterocycles. The van der Waals surface area contributed by atoms with Crippen LogP contribution in [0.5, 0.6) is 0 Å². The van der Waals surface area contributed by atoms with Crippen LogP contribution < -0.4 is 0 Å². The second-order valence-corrected chi connectivity index (χ2v) is 5.03. The van der Waals surface area contributed by atoms with Gasteiger partial charge in [-0.25, -0.2) is 0 Å². The smallest absolute Gasteiger partial charge is 0.320 e. The topological polar surface area (TPSA) is 52.6 Å². The van der Waals surface area contributed by atoms with Gasteiger partial charge in [0.2, 0.25) is 0 Å². The number of carbonyl (C=O) groups is 2. The zero-order valence-electron chi connectivity index (χ0n) is 8.77. The van der Waals surface area contributed by atoms with E-state index >= 15 is 0 Å². The molecule has 2 bridgehead atoms. The van der Waals surface area contributed by atoms with Crippen LogP contribution in [0.25, 0.3) is 0 Å². The van der Waals surface area contributed by atoms with Gasteiger partial charge < -0.3 is 9.47 Å². The highest BCUT2D eigenvalue weighted by atomic mass is 16.6. The first-order chi connectivity index (χ1) is 7.77. The fraction of sp³-hybridized carbons (Fsp3) is 0.667. The summed E-state index contributed by atoms with van der Waals surface area (Å²) < 4.78 is 10.6. The average molecular weight is 220 g/mol. The lowest BCUT2D eigenvalue weighted by atomic mass is 9.72. The first-order valence-corrected chi connectivity index (χ1v) is 5.90. The number of rotatable bonds is 0. The van der Waals surface area contributed by atoms with Crippen molar-refractivity contribution < 1.29 is 19.1 Å². The molecule has 0 aromatic rings. The second kappa shape index (κ2) is 2.74. The summed E-state index contributed by atoms with van der Waals surface area (Å²) >= 11 is 0. The van der Waals surface area contributed by atoms with Crippen molar-refractivity contribution in [3.05, 3.63) is 11.1 Å². The monoisotopic (exact) mass is 220 g/mol. The Morgan fingerprint density at radius 1 is 0.875 bits per heavy atom. The highest BCUT2D eigenvalue weighted by Gasteiger charge is 2.64. The lowest BCUT2D eigenvalue weighted by Crippen LogP contribution is -2.32. The molecule has 0 unspecified atom stereocenters. The Labute approximate surface area is 92.6 Å². The summed E-state index contributed by atoms with van der Waals surface area (Å²) in [6, 6.07) is 0. The van der Waals surface area contributed by atoms with E-state index in [0.29, 0.717) is 0 Å². The Hall–Kier alpha value is -1.16. The minimum absolute atomic E-state index is 0.149. The number of cyclic esters (lactones) is 2. The predicted octanol–water partition coefficient (Wildman–Crippen LogP) is 0.954. The van der Waals surface area contributed by atoms with E-state index in [1.807, 2.05) is 0 Å². The maximum absolute atomic E-state index is 11.6. The summed E-state index contributed by atoms with van der Waals surface area (Å²) in [4.78, 5) is 23.2. The molecule has 0 N–H and O–H groups in total. The van der Waals surface area contributed by atoms with Crippen LogP contribution in [-0.4, -0.2) is 24.1 Å². The molecule has 4 atom stereocenters. The normalized spacial score (nSPS) is 44.8. The van der Waals surface area contributed by atoms with Crippen LogP contribution >= 0.6 is 0 Å². The first-order valence-electron chi connectivity index (χ1n) is 5.90. The second-order valence-electron chi connectivity index (χ2n) is 5.03. The van der Waals surface area contributed by atoms with Crippen molar-refractivity contribution in [2.75, 3.05) is 0 Å². The van der Waals surface area contributed by atoms with Crippen LogP contribution in [0.3, 0.4) is 0 Å². The molecule has 2 fully saturated rings. The van der Waals surface area contributed by atoms with Crippen LogP contribution in [0.2, 0.25) is 0 Å². The molecule has 4 rings (SSSR count). The highest BCUT2D eigenvalue weighted by Crippen LogP contribution is 2.54. The van der Waals surface area contributed by atoms with E-state index in [-0.39, 0.29) is 36.0 Å². The molecule has 3 aliphatic heterocycles. The fourth-order valence-corrected chi connectivity index (χ4v) is 3.68. The molecule has 0 radical (unpaired) electrons. The van der Waals surface area contributed by atoms with Crippen LogP contribution in [0.1, 0.15) is 25.7 Å². The lowest BCUT2D eigenvalue weighted by Gasteiger charge is -2.25. The number of hydrogen-bond donors (Lipinski definition) is 0. The van der Waals surface area contributed by atoms with Gasteiger partial charge in [-0.05, 0) is 36.8 Å². The molecule has 4 heteroatoms. The van der Waals surface area contributed by atoms with Crippen LogP contribution in [0, 0.1) is 11.8 Å². The number of fused-ring (bicyclic) bond motifs is 7. The quantitative estimate of drug-likeness (QED) is 0.346. The van der Waals surface area contributed by atoms with Crippen LogP contribution in [-0.2, 0) is 19.1 Å². The SMILES string of the molecule is O=C1OC(=O)[C@H]2[C@@H]1[C@H]1O[C@@H]2C2=C1CCCC2. The Morgan fingerprint density at radius 2 is 1.38 bits per heavy atom. The van der Waals surface area contributed by atoms with Gasteiger partial charge in [0.05, 0.1) is 12.2 Å². The van der Waals surface area contributed by atoms with E-state index in [1.165, 1.54) is 24.0 Å². The minimum atomic E-state index is -0.375. The van der Waals surface area contributed by atoms with E-state index in [0.717, 1.165) is 12.8 Å². The molecule has 0 spiro atoms. The molecular formula is C12H12O4. The zero-order valence-corrected chi connectivity index (χ0v) is 8.77. The van der Waals surface area contributed by atoms with E-state index in [1.54, 1.807) is 0 Å². The molecular weight excluding hydrogens is 208 g/mol. The zero-order chi connectivity index (χ0) is 10.9. The van der Waals surface area contributed by atoms with Crippen molar-refractivity contribution in [3.63, 3.8) is 0 Å². The van der Waals surface area contributed by atoms with E-state index in [9.17, 15) is 9.59 Å². The van der Waals surface area contributed by atoms with Gasteiger partial charge in [0.25, 0.3) is 0 Å². The van der Waals surface area contributed by atoms with Gasteiger partial charge in [-0.15, -0.1) is 0 Å². The first kappa shape index (κ1) is 8.93. The van der Waals surface area contributed by atoms with Crippen molar-refractivity contribution in [1.82, 2.24) is 0 Å². The standard InChI is InChI=1S/C12H12O4/c13-11-7-8(12(14)16-11)10-6-4-2-1-3-5(6)9(7)15-10/h7-10H,1-4H2/t7-,8+,9+,10-. The third kappa shape index (κ3) is 0.857. The van der Waals surface area contributed by atoms with E-state index < -0.39 is 0 Å². The van der Waals surface area contributed by atoms with E-state index in [2.05, 4.69) is 0 Å². The molecule has 1 aliphatic carbocycles. The van der Waals surface area contributed by atoms with Gasteiger partial charge in [0.15, 0.2) is 0 Å². The summed E-state index contributed by atoms with van der Waals surface area (Å²) in [6.07, 6.45) is 4.11. The van der Waals surface area contributed by atoms with Gasteiger partial charge in [0.1, 0.15) is 11.8 Å². The van der Waals surface area contributed by atoms with Gasteiger partial charge >= 0.3 is 11.9 Å². The third-order valence-corrected chi connectivity index (χ3v) is 4.32. The fourth-order valence-electron chi connectivity index (χ4n) is 3.68. The Balaban J connectivity index is 1.82. The molecule has 0 aromatic carbocycles. The average Bonchev–Trinajstić information content (AvgIpc) is 2.91. The molecule has 3 heterocycles. The lowest BCUT2D eigenvalue weighted by molar-refractivity contribution is -0.156. The maximum atomic E-state index is 11.6. The van der Waals surface area contributed by atoms with Gasteiger partial charge in [0, 0.05) is 0 Å². The van der Waals surface area contributed by atoms with Crippen molar-refractivity contribution in [2.24, 2.45) is 11.8 Å². The number of esters is 2. The maximum Gasteiger partial charge on any atom is 0.320 e. The van der Waals surface area contributed by atoms with Crippen molar-refractivity contribution in [2.45, 2.75) is 37.9 Å². The molecule has 4 nitrogen and oxygen atoms in total. The van der Waals surface area contributed by atoms with E-state index in [4.69, 9.17) is 9.47 Å². The summed E-state index contributed by atoms with van der Waals surface area (Å²) in [5, 5.41) is 0. The third-order valence-electron chi connectivity index (χ3n) is 4.32. The largest absolute Gasteiger partial charge is 0.393 e. The predicted molar refractivity (Wildman–Crippen MR) is 52.2 cm³/mol. The molecule has 0 aromatic heterocycles. The number of ether oxygens (including phenoxy) is 2. The highest BCUT2D eigenvalue weighted by molar-refractivity contribution is 5.98. The summed E-state index contributed by atoms with van der Waals surface area (Å²) in [7, 11) is 0. The Bertz CT molecular complexity index is 398. The van der Waals surface area contributed by atoms with Gasteiger partial charge in [-0.3, -0.25) is 9.59 Å². The van der Waals surface area contributed by atoms with Crippen molar-refractivity contribution in [1.29, 1.82) is 0 Å². The molecule has 0 amide bonds. The van der Waals surface area contributed by atoms with Crippen molar-refractivity contribution in [3.8, 4) is 0 Å². The molecule has 16 heavy (non-hydrogen) atoms. The summed E-state index contributed by atoms with van der Waals surface area (Å²) in [5.74, 6) is -1.43. The molecule has 0 saturated carbocycles. The van der Waals surface area contributed by atoms with Gasteiger partial charge in [-0.2, -0.15) is 0 Å². The Kier molecular flexibility index (Phi) is 1.53. The molecule has 4 aliphatic rings. The summed E-state index contributed by atoms with van der Waals surface area (Å²) in [5.41, 5.74) is 2.59. The van der Waals surface area contributed by atoms with Gasteiger partial charge in [-0.1, -0.05) is 0 Å². The molecule has 84 valence electrons. The minimum Gasteiger partial charge on any atom is -0.393 e. The van der Waals surface area contributed by atoms with Crippen molar-refractivity contribution >= 4 is 11.9 Å². The number of hydrogen-bond acceptors (Lipinski definition) is 4. The van der Waals surface area contributed by atoms with Crippen LogP contribution in [0.15, 0.2) is 11.1 Å². The Morgan fingerprint density at radius 3 is 1.88 bits per heavy atom. The number of carbonyl (C=O) groups excluding carboxylic acids is 2.